The predicted octanol–water partition coefficient (Wildman–Crippen LogP) is -2.60. The lowest BCUT2D eigenvalue weighted by molar-refractivity contribution is -0.311. The van der Waals surface area contributed by atoms with Crippen molar-refractivity contribution < 1.29 is 34.3 Å². The van der Waals surface area contributed by atoms with E-state index in [9.17, 15) is 15.3 Å². The van der Waals surface area contributed by atoms with Gasteiger partial charge in [0.1, 0.15) is 34.9 Å². The number of hydrogen-bond acceptors (Lipinski definition) is 12. The Labute approximate surface area is 208 Å². The molecule has 0 unspecified atom stereocenters. The maximum absolute atomic E-state index is 12.4. The minimum atomic E-state index is -2.57. The minimum Gasteiger partial charge on any atom is -0.467 e. The summed E-state index contributed by atoms with van der Waals surface area (Å²) in [5.41, 5.74) is 23.7. The quantitative estimate of drug-likeness (QED) is 0.163. The third kappa shape index (κ3) is 5.47. The molecule has 0 aromatic carbocycles. The second-order valence-corrected chi connectivity index (χ2v) is 16.6. The van der Waals surface area contributed by atoms with Gasteiger partial charge in [-0.15, -0.1) is 0 Å². The monoisotopic (exact) mass is 519 g/mol. The van der Waals surface area contributed by atoms with E-state index in [1.165, 1.54) is 0 Å². The van der Waals surface area contributed by atoms with Crippen molar-refractivity contribution >= 4 is 8.07 Å². The summed E-state index contributed by atoms with van der Waals surface area (Å²) in [6, 6.07) is -2.47. The van der Waals surface area contributed by atoms with Crippen LogP contribution in [0, 0.1) is 0 Å². The van der Waals surface area contributed by atoms with Crippen molar-refractivity contribution in [3.05, 3.63) is 11.8 Å². The summed E-state index contributed by atoms with van der Waals surface area (Å²) < 4.78 is 24.1. The zero-order chi connectivity index (χ0) is 26.3. The first-order valence-electron chi connectivity index (χ1n) is 12.2. The molecule has 0 bridgehead atoms. The molecule has 204 valence electrons. The highest BCUT2D eigenvalue weighted by atomic mass is 28.3. The molecule has 0 aromatic rings. The van der Waals surface area contributed by atoms with E-state index in [-0.39, 0.29) is 13.2 Å². The van der Waals surface area contributed by atoms with E-state index in [1.807, 2.05) is 25.7 Å². The van der Waals surface area contributed by atoms with Gasteiger partial charge in [-0.1, -0.05) is 19.6 Å². The van der Waals surface area contributed by atoms with Crippen LogP contribution < -0.4 is 28.3 Å². The molecule has 35 heavy (non-hydrogen) atoms. The van der Waals surface area contributed by atoms with E-state index < -0.39 is 74.0 Å². The SMILES string of the molecule is CN[C@@H]1[C@@H](O)[C@@H](O[C@H]2[C@H](N)C[C@H](N)[C@@H](O[C@H]3OC(CN)=CC[C@H]3N)[C@@]2(O)[Si](C)(C)C)OC[C@]1(C)O. The van der Waals surface area contributed by atoms with E-state index in [1.54, 1.807) is 14.0 Å². The number of nitrogens with one attached hydrogen (secondary N) is 1. The number of nitrogens with two attached hydrogens (primary N) is 4. The predicted molar refractivity (Wildman–Crippen MR) is 132 cm³/mol. The van der Waals surface area contributed by atoms with Crippen molar-refractivity contribution in [3.63, 3.8) is 0 Å². The van der Waals surface area contributed by atoms with E-state index in [2.05, 4.69) is 5.32 Å². The van der Waals surface area contributed by atoms with Crippen LogP contribution in [0.4, 0.5) is 0 Å². The Morgan fingerprint density at radius 2 is 1.66 bits per heavy atom. The number of ether oxygens (including phenoxy) is 4. The second-order valence-electron chi connectivity index (χ2n) is 11.3. The average molecular weight is 520 g/mol. The van der Waals surface area contributed by atoms with Gasteiger partial charge >= 0.3 is 0 Å². The molecule has 0 amide bonds. The Bertz CT molecular complexity index is 769. The fraction of sp³-hybridized carbons (Fsp3) is 0.909. The van der Waals surface area contributed by atoms with Crippen molar-refractivity contribution in [3.8, 4) is 0 Å². The Morgan fingerprint density at radius 1 is 1.09 bits per heavy atom. The van der Waals surface area contributed by atoms with Crippen LogP contribution in [0.25, 0.3) is 0 Å². The Kier molecular flexibility index (Phi) is 8.74. The maximum atomic E-state index is 12.4. The van der Waals surface area contributed by atoms with Crippen LogP contribution in [-0.4, -0.2) is 109 Å². The molecule has 1 saturated carbocycles. The third-order valence-corrected chi connectivity index (χ3v) is 10.5. The summed E-state index contributed by atoms with van der Waals surface area (Å²) >= 11 is 0. The van der Waals surface area contributed by atoms with Crippen LogP contribution in [0.1, 0.15) is 19.8 Å². The van der Waals surface area contributed by atoms with Crippen molar-refractivity contribution in [1.82, 2.24) is 5.32 Å². The number of likely N-dealkylation sites (N-methyl/N-ethyl adjacent to an activating group) is 1. The summed E-state index contributed by atoms with van der Waals surface area (Å²) in [6.45, 7) is 7.60. The number of aliphatic hydroxyl groups is 3. The Balaban J connectivity index is 1.91. The Hall–Kier alpha value is -0.683. The number of aliphatic hydroxyl groups excluding tert-OH is 1. The van der Waals surface area contributed by atoms with E-state index >= 15 is 0 Å². The van der Waals surface area contributed by atoms with E-state index in [0.717, 1.165) is 0 Å². The summed E-state index contributed by atoms with van der Waals surface area (Å²) in [6.07, 6.45) is -2.46. The van der Waals surface area contributed by atoms with Crippen LogP contribution in [0.2, 0.25) is 19.6 Å². The molecular weight excluding hydrogens is 474 g/mol. The molecule has 1 aliphatic carbocycles. The molecule has 12 N–H and O–H groups in total. The molecule has 13 heteroatoms. The van der Waals surface area contributed by atoms with Gasteiger partial charge in [-0.25, -0.2) is 0 Å². The molecule has 3 rings (SSSR count). The van der Waals surface area contributed by atoms with Gasteiger partial charge in [-0.2, -0.15) is 0 Å². The zero-order valence-corrected chi connectivity index (χ0v) is 22.4. The van der Waals surface area contributed by atoms with Gasteiger partial charge in [0.2, 0.25) is 6.29 Å². The lowest BCUT2D eigenvalue weighted by atomic mass is 9.83. The lowest BCUT2D eigenvalue weighted by Crippen LogP contribution is -2.79. The summed E-state index contributed by atoms with van der Waals surface area (Å²) in [7, 11) is -0.940. The van der Waals surface area contributed by atoms with Crippen molar-refractivity contribution in [2.24, 2.45) is 22.9 Å². The third-order valence-electron chi connectivity index (χ3n) is 7.53. The summed E-state index contributed by atoms with van der Waals surface area (Å²) in [5, 5.41) is 35.2. The molecular formula is C22H45N5O7Si. The first-order valence-corrected chi connectivity index (χ1v) is 15.7. The van der Waals surface area contributed by atoms with Gasteiger partial charge in [0.15, 0.2) is 6.29 Å². The largest absolute Gasteiger partial charge is 0.467 e. The molecule has 2 fully saturated rings. The number of hydrogen-bond donors (Lipinski definition) is 8. The van der Waals surface area contributed by atoms with Crippen LogP contribution >= 0.6 is 0 Å². The lowest BCUT2D eigenvalue weighted by Gasteiger charge is -2.57. The fourth-order valence-electron chi connectivity index (χ4n) is 5.42. The van der Waals surface area contributed by atoms with E-state index in [4.69, 9.17) is 41.9 Å². The average Bonchev–Trinajstić information content (AvgIpc) is 2.75. The summed E-state index contributed by atoms with van der Waals surface area (Å²) in [5.74, 6) is 0.561. The number of rotatable bonds is 7. The van der Waals surface area contributed by atoms with Gasteiger partial charge < -0.3 is 62.5 Å². The molecule has 2 heterocycles. The second kappa shape index (κ2) is 10.6. The molecule has 12 nitrogen and oxygen atoms in total. The molecule has 0 aromatic heterocycles. The Morgan fingerprint density at radius 3 is 2.17 bits per heavy atom. The smallest absolute Gasteiger partial charge is 0.215 e. The first-order chi connectivity index (χ1) is 16.2. The topological polar surface area (TPSA) is 214 Å². The highest BCUT2D eigenvalue weighted by Crippen LogP contribution is 2.41. The van der Waals surface area contributed by atoms with Crippen molar-refractivity contribution in [2.75, 3.05) is 20.2 Å². The van der Waals surface area contributed by atoms with Crippen molar-refractivity contribution in [1.29, 1.82) is 0 Å². The fourth-order valence-corrected chi connectivity index (χ4v) is 7.69. The molecule has 0 radical (unpaired) electrons. The zero-order valence-electron chi connectivity index (χ0n) is 21.4. The van der Waals surface area contributed by atoms with Gasteiger partial charge in [0.25, 0.3) is 0 Å². The van der Waals surface area contributed by atoms with Crippen molar-refractivity contribution in [2.45, 2.75) is 105 Å². The van der Waals surface area contributed by atoms with Gasteiger partial charge in [0, 0.05) is 12.1 Å². The highest BCUT2D eigenvalue weighted by molar-refractivity contribution is 6.79. The minimum absolute atomic E-state index is 0.0774. The van der Waals surface area contributed by atoms with E-state index in [0.29, 0.717) is 18.6 Å². The van der Waals surface area contributed by atoms with Gasteiger partial charge in [-0.3, -0.25) is 0 Å². The van der Waals surface area contributed by atoms with Crippen LogP contribution in [0.5, 0.6) is 0 Å². The van der Waals surface area contributed by atoms with Crippen LogP contribution in [0.3, 0.4) is 0 Å². The first kappa shape index (κ1) is 28.9. The van der Waals surface area contributed by atoms with Crippen LogP contribution in [-0.2, 0) is 18.9 Å². The molecule has 3 aliphatic rings. The maximum Gasteiger partial charge on any atom is 0.215 e. The molecule has 0 spiro atoms. The molecule has 2 aliphatic heterocycles. The highest BCUT2D eigenvalue weighted by Gasteiger charge is 2.63. The normalized spacial score (nSPS) is 47.2. The molecule has 1 saturated heterocycles. The molecule has 11 atom stereocenters. The standard InChI is InChI=1S/C22H45N5O7Si/c1-21(29)10-31-20(15(28)16(21)27-2)34-18-14(26)8-13(25)17(22(18,30)35(3,4)5)33-19-12(24)7-6-11(9-23)32-19/h6,12-20,27-30H,7-10,23-26H2,1-5H3/t12-,13+,14-,15-,16-,17-,18+,19-,20-,21+,22-/m1/s1. The van der Waals surface area contributed by atoms with Gasteiger partial charge in [-0.05, 0) is 32.9 Å². The van der Waals surface area contributed by atoms with Crippen LogP contribution in [0.15, 0.2) is 11.8 Å². The van der Waals surface area contributed by atoms with Gasteiger partial charge in [0.05, 0.1) is 33.3 Å². The summed E-state index contributed by atoms with van der Waals surface area (Å²) in [4.78, 5) is 0.